The van der Waals surface area contributed by atoms with Gasteiger partial charge in [0.05, 0.1) is 19.3 Å². The van der Waals surface area contributed by atoms with E-state index < -0.39 is 107 Å². The average Bonchev–Trinajstić information content (AvgIpc) is 2.97. The van der Waals surface area contributed by atoms with Gasteiger partial charge in [0.15, 0.2) is 17.3 Å². The zero-order valence-corrected chi connectivity index (χ0v) is 23.0. The fraction of sp³-hybridized carbons (Fsp3) is 0.464. The Bertz CT molecular complexity index is 1560. The molecule has 1 aromatic heterocycles. The van der Waals surface area contributed by atoms with Crippen molar-refractivity contribution in [1.82, 2.24) is 0 Å². The van der Waals surface area contributed by atoms with E-state index in [-0.39, 0.29) is 23.5 Å². The third kappa shape index (κ3) is 5.86. The molecule has 10 atom stereocenters. The van der Waals surface area contributed by atoms with Crippen molar-refractivity contribution in [2.24, 2.45) is 0 Å². The van der Waals surface area contributed by atoms with Crippen molar-refractivity contribution in [2.45, 2.75) is 68.1 Å². The van der Waals surface area contributed by atoms with E-state index in [1.165, 1.54) is 13.0 Å². The fourth-order valence-corrected chi connectivity index (χ4v) is 5.07. The molecule has 4 unspecified atom stereocenters. The van der Waals surface area contributed by atoms with Gasteiger partial charge in [-0.15, -0.1) is 0 Å². The highest BCUT2D eigenvalue weighted by molar-refractivity contribution is 5.88. The minimum atomic E-state index is -1.94. The second kappa shape index (κ2) is 12.4. The normalized spacial score (nSPS) is 32.5. The van der Waals surface area contributed by atoms with Crippen LogP contribution in [0.4, 0.5) is 0 Å². The molecule has 240 valence electrons. The van der Waals surface area contributed by atoms with Gasteiger partial charge in [-0.2, -0.15) is 0 Å². The Balaban J connectivity index is 1.43. The number of aromatic hydroxyl groups is 4. The summed E-state index contributed by atoms with van der Waals surface area (Å²) in [7, 11) is 0. The van der Waals surface area contributed by atoms with Crippen LogP contribution in [-0.4, -0.2) is 126 Å². The zero-order valence-electron chi connectivity index (χ0n) is 23.0. The molecule has 2 saturated heterocycles. The number of fused-ring (bicyclic) bond motifs is 1. The van der Waals surface area contributed by atoms with Crippen molar-refractivity contribution >= 4 is 11.0 Å². The van der Waals surface area contributed by atoms with Crippen LogP contribution in [0.3, 0.4) is 0 Å². The van der Waals surface area contributed by atoms with Gasteiger partial charge in [0.1, 0.15) is 71.3 Å². The van der Waals surface area contributed by atoms with Crippen LogP contribution in [0.25, 0.3) is 22.3 Å². The lowest BCUT2D eigenvalue weighted by Crippen LogP contribution is -2.61. The predicted octanol–water partition coefficient (Wildman–Crippen LogP) is -1.64. The van der Waals surface area contributed by atoms with Crippen LogP contribution in [0, 0.1) is 0 Å². The Kier molecular flexibility index (Phi) is 8.90. The van der Waals surface area contributed by atoms with Crippen LogP contribution >= 0.6 is 0 Å². The fourth-order valence-electron chi connectivity index (χ4n) is 5.07. The number of phenolic OH excluding ortho intramolecular Hbond substituents is 4. The standard InChI is InChI=1S/C28H32O16/c1-9-19(33)23(37)20(34)16(41-9)7-40-8-17-21(35)24(38)25(39)28(43-17)44-27-22(36)18-14(32)5-11(29)6-15(18)42-26(27)10-2-3-12(30)13(31)4-10/h2-6,9,16-17,19-21,23-25,28-35,37-39H,7-8H2,1H3/t9?,16-,17?,19-,20?,21+,23-,24+,25?,28-/m0/s1. The molecule has 0 spiro atoms. The largest absolute Gasteiger partial charge is 0.508 e. The minimum Gasteiger partial charge on any atom is -0.508 e. The van der Waals surface area contributed by atoms with Crippen molar-refractivity contribution in [3.05, 3.63) is 40.6 Å². The number of aliphatic hydroxyl groups excluding tert-OH is 6. The van der Waals surface area contributed by atoms with Gasteiger partial charge in [-0.25, -0.2) is 0 Å². The lowest BCUT2D eigenvalue weighted by Gasteiger charge is -2.41. The number of benzene rings is 2. The number of phenols is 4. The molecule has 0 aliphatic carbocycles. The van der Waals surface area contributed by atoms with Crippen LogP contribution in [0.1, 0.15) is 6.92 Å². The quantitative estimate of drug-likeness (QED) is 0.132. The zero-order chi connectivity index (χ0) is 32.0. The van der Waals surface area contributed by atoms with Gasteiger partial charge < -0.3 is 74.4 Å². The van der Waals surface area contributed by atoms with Crippen molar-refractivity contribution in [2.75, 3.05) is 13.2 Å². The monoisotopic (exact) mass is 624 g/mol. The maximum Gasteiger partial charge on any atom is 0.239 e. The molecule has 2 fully saturated rings. The molecule has 2 aromatic carbocycles. The molecule has 44 heavy (non-hydrogen) atoms. The highest BCUT2D eigenvalue weighted by Crippen LogP contribution is 2.39. The smallest absolute Gasteiger partial charge is 0.239 e. The van der Waals surface area contributed by atoms with Gasteiger partial charge in [-0.3, -0.25) is 4.79 Å². The molecular formula is C28H32O16. The molecule has 0 saturated carbocycles. The maximum absolute atomic E-state index is 13.6. The number of hydrogen-bond acceptors (Lipinski definition) is 16. The van der Waals surface area contributed by atoms with Crippen LogP contribution in [-0.2, 0) is 14.2 Å². The summed E-state index contributed by atoms with van der Waals surface area (Å²) in [5.41, 5.74) is -1.31. The Morgan fingerprint density at radius 1 is 0.727 bits per heavy atom. The van der Waals surface area contributed by atoms with Crippen molar-refractivity contribution in [1.29, 1.82) is 0 Å². The summed E-state index contributed by atoms with van der Waals surface area (Å²) in [6, 6.07) is 5.28. The van der Waals surface area contributed by atoms with E-state index in [1.807, 2.05) is 0 Å². The SMILES string of the molecule is CC1O[C@@H](COCC2O[C@@H](Oc3c(-c4ccc(O)c(O)c4)oc4cc(O)cc(O)c4c3=O)C(O)[C@H](O)[C@@H]2O)C(O)[C@@H](O)[C@H]1O. The minimum absolute atomic E-state index is 0.0181. The first-order valence-electron chi connectivity index (χ1n) is 13.5. The summed E-state index contributed by atoms with van der Waals surface area (Å²) >= 11 is 0. The van der Waals surface area contributed by atoms with E-state index in [0.29, 0.717) is 0 Å². The highest BCUT2D eigenvalue weighted by Gasteiger charge is 2.46. The molecule has 2 aliphatic rings. The van der Waals surface area contributed by atoms with Crippen LogP contribution in [0.2, 0.25) is 0 Å². The molecule has 0 amide bonds. The van der Waals surface area contributed by atoms with Crippen molar-refractivity contribution in [3.63, 3.8) is 0 Å². The topological polar surface area (TPSA) is 269 Å². The molecule has 16 nitrogen and oxygen atoms in total. The predicted molar refractivity (Wildman–Crippen MR) is 145 cm³/mol. The molecule has 16 heteroatoms. The van der Waals surface area contributed by atoms with E-state index in [0.717, 1.165) is 24.3 Å². The summed E-state index contributed by atoms with van der Waals surface area (Å²) in [6.07, 6.45) is -15.0. The molecule has 3 aromatic rings. The van der Waals surface area contributed by atoms with E-state index in [2.05, 4.69) is 0 Å². The first-order valence-corrected chi connectivity index (χ1v) is 13.5. The second-order valence-electron chi connectivity index (χ2n) is 10.7. The summed E-state index contributed by atoms with van der Waals surface area (Å²) < 4.78 is 28.0. The molecule has 0 radical (unpaired) electrons. The summed E-state index contributed by atoms with van der Waals surface area (Å²) in [4.78, 5) is 13.6. The van der Waals surface area contributed by atoms with E-state index in [4.69, 9.17) is 23.4 Å². The number of hydrogen-bond donors (Lipinski definition) is 10. The molecule has 0 bridgehead atoms. The lowest BCUT2D eigenvalue weighted by molar-refractivity contribution is -0.283. The Labute approximate surface area is 247 Å². The molecule has 3 heterocycles. The van der Waals surface area contributed by atoms with Crippen molar-refractivity contribution in [3.8, 4) is 40.1 Å². The second-order valence-corrected chi connectivity index (χ2v) is 10.7. The molecule has 2 aliphatic heterocycles. The summed E-state index contributed by atoms with van der Waals surface area (Å²) in [5, 5.41) is 101. The Morgan fingerprint density at radius 3 is 2.02 bits per heavy atom. The van der Waals surface area contributed by atoms with Gasteiger partial charge in [0, 0.05) is 17.7 Å². The molecule has 10 N–H and O–H groups in total. The van der Waals surface area contributed by atoms with Gasteiger partial charge in [0.25, 0.3) is 0 Å². The first kappa shape index (κ1) is 31.7. The van der Waals surface area contributed by atoms with Gasteiger partial charge in [-0.1, -0.05) is 0 Å². The van der Waals surface area contributed by atoms with E-state index >= 15 is 0 Å². The van der Waals surface area contributed by atoms with E-state index in [1.54, 1.807) is 0 Å². The maximum atomic E-state index is 13.6. The molecular weight excluding hydrogens is 592 g/mol. The third-order valence-electron chi connectivity index (χ3n) is 7.57. The molecule has 5 rings (SSSR count). The highest BCUT2D eigenvalue weighted by atomic mass is 16.7. The van der Waals surface area contributed by atoms with E-state index in [9.17, 15) is 55.9 Å². The number of rotatable bonds is 7. The average molecular weight is 625 g/mol. The number of ether oxygens (including phenoxy) is 4. The van der Waals surface area contributed by atoms with Crippen LogP contribution in [0.5, 0.6) is 28.7 Å². The third-order valence-corrected chi connectivity index (χ3v) is 7.57. The lowest BCUT2D eigenvalue weighted by atomic mass is 9.96. The van der Waals surface area contributed by atoms with Gasteiger partial charge in [-0.05, 0) is 25.1 Å². The Morgan fingerprint density at radius 2 is 1.36 bits per heavy atom. The summed E-state index contributed by atoms with van der Waals surface area (Å²) in [5.74, 6) is -3.26. The Hall–Kier alpha value is -3.71. The van der Waals surface area contributed by atoms with Gasteiger partial charge in [0.2, 0.25) is 17.5 Å². The van der Waals surface area contributed by atoms with Crippen LogP contribution < -0.4 is 10.2 Å². The van der Waals surface area contributed by atoms with Crippen LogP contribution in [0.15, 0.2) is 39.5 Å². The summed E-state index contributed by atoms with van der Waals surface area (Å²) in [6.45, 7) is 0.691. The number of aliphatic hydroxyl groups is 6. The van der Waals surface area contributed by atoms with Gasteiger partial charge >= 0.3 is 0 Å². The first-order chi connectivity index (χ1) is 20.8. The van der Waals surface area contributed by atoms with Crippen molar-refractivity contribution < 1.29 is 74.4 Å².